The van der Waals surface area contributed by atoms with Gasteiger partial charge in [0.25, 0.3) is 0 Å². The van der Waals surface area contributed by atoms with Gasteiger partial charge in [-0.05, 0) is 54.3 Å². The molecule has 228 valence electrons. The smallest absolute Gasteiger partial charge is 0.385 e. The topological polar surface area (TPSA) is 77.7 Å². The van der Waals surface area contributed by atoms with Crippen LogP contribution in [0, 0.1) is 0 Å². The Bertz CT molecular complexity index is 1520. The van der Waals surface area contributed by atoms with Gasteiger partial charge in [-0.2, -0.15) is 13.2 Å². The molecule has 0 aliphatic carbocycles. The Morgan fingerprint density at radius 1 is 0.930 bits per heavy atom. The molecule has 0 fully saturated rings. The molecule has 4 rings (SSSR count). The van der Waals surface area contributed by atoms with E-state index in [1.54, 1.807) is 23.1 Å². The number of carbonyl (C=O) groups excluding carboxylic acids is 2. The summed E-state index contributed by atoms with van der Waals surface area (Å²) in [6, 6.07) is 16.7. The summed E-state index contributed by atoms with van der Waals surface area (Å²) in [6.07, 6.45) is -1.64. The third kappa shape index (κ3) is 8.65. The lowest BCUT2D eigenvalue weighted by atomic mass is 10.1. The van der Waals surface area contributed by atoms with Crippen molar-refractivity contribution in [2.75, 3.05) is 38.7 Å². The molecule has 0 saturated carbocycles. The van der Waals surface area contributed by atoms with Gasteiger partial charge in [-0.25, -0.2) is 4.79 Å². The summed E-state index contributed by atoms with van der Waals surface area (Å²) in [5, 5.41) is 4.20. The maximum Gasteiger partial charge on any atom is 0.416 e. The van der Waals surface area contributed by atoms with Crippen molar-refractivity contribution in [3.05, 3.63) is 99.7 Å². The third-order valence-electron chi connectivity index (χ3n) is 6.92. The van der Waals surface area contributed by atoms with Crippen molar-refractivity contribution in [3.8, 4) is 0 Å². The number of hydrogen-bond donors (Lipinski definition) is 2. The fourth-order valence-corrected chi connectivity index (χ4v) is 5.12. The van der Waals surface area contributed by atoms with Crippen molar-refractivity contribution in [2.24, 2.45) is 0 Å². The molecule has 0 aliphatic rings. The molecule has 4 aromatic rings. The van der Waals surface area contributed by atoms with Crippen LogP contribution in [-0.2, 0) is 28.7 Å². The fraction of sp³-hybridized carbons (Fsp3) is 0.290. The SMILES string of the molecule is COCCCN(CC(=O)N(CCc1c[nH]c2ccccc12)Cc1ccc(C(F)(F)F)cc1)C(=O)Nc1c(Cl)cccc1Cl. The minimum atomic E-state index is -4.47. The Balaban J connectivity index is 1.55. The molecule has 2 N–H and O–H groups in total. The quantitative estimate of drug-likeness (QED) is 0.157. The van der Waals surface area contributed by atoms with E-state index in [2.05, 4.69) is 10.3 Å². The van der Waals surface area contributed by atoms with Crippen LogP contribution in [0.2, 0.25) is 10.0 Å². The number of methoxy groups -OCH3 is 1. The Morgan fingerprint density at radius 3 is 2.30 bits per heavy atom. The summed E-state index contributed by atoms with van der Waals surface area (Å²) < 4.78 is 44.5. The number of ether oxygens (including phenoxy) is 1. The lowest BCUT2D eigenvalue weighted by molar-refractivity contribution is -0.137. The van der Waals surface area contributed by atoms with Crippen molar-refractivity contribution < 1.29 is 27.5 Å². The molecule has 1 heterocycles. The van der Waals surface area contributed by atoms with Gasteiger partial charge in [0.2, 0.25) is 5.91 Å². The number of alkyl halides is 3. The van der Waals surface area contributed by atoms with Crippen LogP contribution in [0.4, 0.5) is 23.7 Å². The first-order valence-corrected chi connectivity index (χ1v) is 14.3. The van der Waals surface area contributed by atoms with E-state index < -0.39 is 17.8 Å². The Hall–Kier alpha value is -3.73. The molecule has 0 spiro atoms. The van der Waals surface area contributed by atoms with E-state index in [9.17, 15) is 22.8 Å². The number of urea groups is 1. The normalized spacial score (nSPS) is 11.5. The predicted molar refractivity (Wildman–Crippen MR) is 162 cm³/mol. The van der Waals surface area contributed by atoms with Crippen LogP contribution in [0.1, 0.15) is 23.1 Å². The van der Waals surface area contributed by atoms with Crippen LogP contribution < -0.4 is 5.32 Å². The van der Waals surface area contributed by atoms with Crippen LogP contribution in [0.25, 0.3) is 10.9 Å². The molecule has 3 amide bonds. The number of hydrogen-bond acceptors (Lipinski definition) is 3. The predicted octanol–water partition coefficient (Wildman–Crippen LogP) is 7.64. The number of nitrogens with one attached hydrogen (secondary N) is 2. The van der Waals surface area contributed by atoms with Crippen LogP contribution in [0.15, 0.2) is 72.9 Å². The summed E-state index contributed by atoms with van der Waals surface area (Å²) in [4.78, 5) is 33.2. The summed E-state index contributed by atoms with van der Waals surface area (Å²) in [6.45, 7) is 0.603. The second-order valence-electron chi connectivity index (χ2n) is 9.91. The molecular formula is C31H31Cl2F3N4O3. The third-order valence-corrected chi connectivity index (χ3v) is 7.55. The number of aromatic nitrogens is 1. The van der Waals surface area contributed by atoms with Gasteiger partial charge < -0.3 is 24.8 Å². The van der Waals surface area contributed by atoms with E-state index in [0.717, 1.165) is 28.6 Å². The van der Waals surface area contributed by atoms with Gasteiger partial charge in [-0.15, -0.1) is 0 Å². The van der Waals surface area contributed by atoms with E-state index in [4.69, 9.17) is 27.9 Å². The number of anilines is 1. The number of benzene rings is 3. The van der Waals surface area contributed by atoms with Gasteiger partial charge in [0, 0.05) is 50.5 Å². The summed E-state index contributed by atoms with van der Waals surface area (Å²) in [5.41, 5.74) is 1.92. The number of rotatable bonds is 12. The van der Waals surface area contributed by atoms with Gasteiger partial charge in [0.1, 0.15) is 6.54 Å². The van der Waals surface area contributed by atoms with Crippen LogP contribution >= 0.6 is 23.2 Å². The number of para-hydroxylation sites is 2. The highest BCUT2D eigenvalue weighted by atomic mass is 35.5. The van der Waals surface area contributed by atoms with Crippen molar-refractivity contribution >= 4 is 51.7 Å². The molecule has 12 heteroatoms. The molecule has 7 nitrogen and oxygen atoms in total. The molecule has 43 heavy (non-hydrogen) atoms. The van der Waals surface area contributed by atoms with Gasteiger partial charge >= 0.3 is 12.2 Å². The van der Waals surface area contributed by atoms with Crippen molar-refractivity contribution in [3.63, 3.8) is 0 Å². The molecule has 0 bridgehead atoms. The highest BCUT2D eigenvalue weighted by Crippen LogP contribution is 2.31. The van der Waals surface area contributed by atoms with E-state index in [1.807, 2.05) is 30.5 Å². The monoisotopic (exact) mass is 634 g/mol. The average Bonchev–Trinajstić information content (AvgIpc) is 3.39. The van der Waals surface area contributed by atoms with Gasteiger partial charge in [-0.1, -0.05) is 59.6 Å². The maximum atomic E-state index is 13.8. The molecule has 1 aromatic heterocycles. The minimum Gasteiger partial charge on any atom is -0.385 e. The van der Waals surface area contributed by atoms with E-state index in [0.29, 0.717) is 25.0 Å². The van der Waals surface area contributed by atoms with Crippen LogP contribution in [-0.4, -0.2) is 60.1 Å². The van der Waals surface area contributed by atoms with Gasteiger partial charge in [-0.3, -0.25) is 4.79 Å². The number of H-pyrrole nitrogens is 1. The first-order valence-electron chi connectivity index (χ1n) is 13.5. The largest absolute Gasteiger partial charge is 0.416 e. The van der Waals surface area contributed by atoms with Crippen LogP contribution in [0.3, 0.4) is 0 Å². The zero-order chi connectivity index (χ0) is 31.0. The fourth-order valence-electron chi connectivity index (χ4n) is 4.62. The molecule has 0 radical (unpaired) electrons. The van der Waals surface area contributed by atoms with Crippen molar-refractivity contribution in [2.45, 2.75) is 25.6 Å². The zero-order valence-electron chi connectivity index (χ0n) is 23.4. The Morgan fingerprint density at radius 2 is 1.63 bits per heavy atom. The second-order valence-corrected chi connectivity index (χ2v) is 10.7. The number of carbonyl (C=O) groups is 2. The van der Waals surface area contributed by atoms with E-state index >= 15 is 0 Å². The molecule has 0 aliphatic heterocycles. The first kappa shape index (κ1) is 32.2. The molecule has 3 aromatic carbocycles. The van der Waals surface area contributed by atoms with Crippen LogP contribution in [0.5, 0.6) is 0 Å². The van der Waals surface area contributed by atoms with Crippen molar-refractivity contribution in [1.82, 2.24) is 14.8 Å². The number of aromatic amines is 1. The summed E-state index contributed by atoms with van der Waals surface area (Å²) in [7, 11) is 1.54. The standard InChI is InChI=1S/C31H31Cl2F3N4O3/c1-43-17-5-15-40(30(42)38-29-25(32)7-4-8-26(29)33)20-28(41)39(19-21-10-12-23(13-11-21)31(34,35)36)16-14-22-18-37-27-9-3-2-6-24(22)27/h2-4,6-13,18,37H,5,14-17,19-20H2,1H3,(H,38,42). The number of fused-ring (bicyclic) bond motifs is 1. The van der Waals surface area contributed by atoms with E-state index in [1.165, 1.54) is 24.1 Å². The maximum absolute atomic E-state index is 13.8. The molecule has 0 saturated heterocycles. The molecular weight excluding hydrogens is 604 g/mol. The lowest BCUT2D eigenvalue weighted by Gasteiger charge is -2.28. The number of halogens is 5. The van der Waals surface area contributed by atoms with Gasteiger partial charge in [0.05, 0.1) is 21.3 Å². The number of amides is 3. The zero-order valence-corrected chi connectivity index (χ0v) is 24.9. The minimum absolute atomic E-state index is 0.0587. The first-order chi connectivity index (χ1) is 20.6. The van der Waals surface area contributed by atoms with Crippen molar-refractivity contribution in [1.29, 1.82) is 0 Å². The lowest BCUT2D eigenvalue weighted by Crippen LogP contribution is -2.45. The highest BCUT2D eigenvalue weighted by molar-refractivity contribution is 6.39. The van der Waals surface area contributed by atoms with E-state index in [-0.39, 0.29) is 47.8 Å². The number of nitrogens with zero attached hydrogens (tertiary/aromatic N) is 2. The molecule has 0 atom stereocenters. The Labute approximate surface area is 257 Å². The second kappa shape index (κ2) is 14.6. The highest BCUT2D eigenvalue weighted by Gasteiger charge is 2.30. The Kier molecular flexibility index (Phi) is 11.0. The average molecular weight is 636 g/mol. The summed E-state index contributed by atoms with van der Waals surface area (Å²) >= 11 is 12.5. The summed E-state index contributed by atoms with van der Waals surface area (Å²) in [5.74, 6) is -0.377. The molecule has 0 unspecified atom stereocenters. The van der Waals surface area contributed by atoms with Gasteiger partial charge in [0.15, 0.2) is 0 Å².